The van der Waals surface area contributed by atoms with Crippen molar-refractivity contribution in [2.45, 2.75) is 25.2 Å². The number of halogens is 2. The molecule has 26 heavy (non-hydrogen) atoms. The molecule has 0 bridgehead atoms. The van der Waals surface area contributed by atoms with Gasteiger partial charge in [-0.1, -0.05) is 6.07 Å². The van der Waals surface area contributed by atoms with Gasteiger partial charge in [-0.2, -0.15) is 0 Å². The van der Waals surface area contributed by atoms with Crippen LogP contribution >= 0.6 is 15.9 Å². The van der Waals surface area contributed by atoms with E-state index in [4.69, 9.17) is 9.47 Å². The Labute approximate surface area is 158 Å². The van der Waals surface area contributed by atoms with Gasteiger partial charge in [0.05, 0.1) is 4.47 Å². The zero-order valence-electron chi connectivity index (χ0n) is 13.8. The summed E-state index contributed by atoms with van der Waals surface area (Å²) >= 11 is 3.27. The molecule has 1 atom stereocenters. The smallest absolute Gasteiger partial charge is 0.231 e. The number of hydrogen-bond donors (Lipinski definition) is 1. The predicted molar refractivity (Wildman–Crippen MR) is 98.0 cm³/mol. The molecule has 2 aromatic carbocycles. The number of Topliss-reactive ketones (excluding diaryl/α,β-unsaturated/α-hetero) is 1. The Morgan fingerprint density at radius 3 is 2.73 bits per heavy atom. The van der Waals surface area contributed by atoms with Gasteiger partial charge in [-0.15, -0.1) is 0 Å². The lowest BCUT2D eigenvalue weighted by Gasteiger charge is -2.34. The van der Waals surface area contributed by atoms with Gasteiger partial charge >= 0.3 is 0 Å². The van der Waals surface area contributed by atoms with Crippen molar-refractivity contribution in [1.82, 2.24) is 0 Å². The number of anilines is 1. The SMILES string of the molecule is O=C1CCCC2=C1[C@H](c1ccc(F)c(Br)c1)c1cc3c(cc1N2)OCO3. The Balaban J connectivity index is 1.74. The molecule has 0 saturated carbocycles. The van der Waals surface area contributed by atoms with Crippen LogP contribution in [0.15, 0.2) is 46.1 Å². The second-order valence-electron chi connectivity index (χ2n) is 6.69. The molecule has 0 amide bonds. The van der Waals surface area contributed by atoms with Gasteiger partial charge in [0, 0.05) is 35.4 Å². The normalized spacial score (nSPS) is 20.5. The summed E-state index contributed by atoms with van der Waals surface area (Å²) in [5, 5.41) is 3.42. The van der Waals surface area contributed by atoms with E-state index in [1.54, 1.807) is 12.1 Å². The van der Waals surface area contributed by atoms with Crippen LogP contribution in [0.2, 0.25) is 0 Å². The average Bonchev–Trinajstić information content (AvgIpc) is 3.08. The van der Waals surface area contributed by atoms with Crippen molar-refractivity contribution in [3.8, 4) is 11.5 Å². The summed E-state index contributed by atoms with van der Waals surface area (Å²) in [5.74, 6) is 0.941. The number of carbonyl (C=O) groups is 1. The molecule has 0 radical (unpaired) electrons. The van der Waals surface area contributed by atoms with Crippen molar-refractivity contribution in [3.05, 3.63) is 63.0 Å². The quantitative estimate of drug-likeness (QED) is 0.720. The van der Waals surface area contributed by atoms with Gasteiger partial charge in [-0.3, -0.25) is 4.79 Å². The van der Waals surface area contributed by atoms with Crippen molar-refractivity contribution in [2.75, 3.05) is 12.1 Å². The maximum atomic E-state index is 13.8. The molecule has 2 aliphatic heterocycles. The summed E-state index contributed by atoms with van der Waals surface area (Å²) in [6.45, 7) is 0.192. The van der Waals surface area contributed by atoms with Crippen LogP contribution in [-0.2, 0) is 4.79 Å². The van der Waals surface area contributed by atoms with E-state index in [1.165, 1.54) is 6.07 Å². The number of allylic oxidation sites excluding steroid dienone is 2. The van der Waals surface area contributed by atoms with E-state index < -0.39 is 0 Å². The van der Waals surface area contributed by atoms with Crippen LogP contribution in [0.3, 0.4) is 0 Å². The fourth-order valence-corrected chi connectivity index (χ4v) is 4.39. The number of hydrogen-bond acceptors (Lipinski definition) is 4. The van der Waals surface area contributed by atoms with Gasteiger partial charge in [0.25, 0.3) is 0 Å². The van der Waals surface area contributed by atoms with Crippen molar-refractivity contribution in [3.63, 3.8) is 0 Å². The first-order valence-electron chi connectivity index (χ1n) is 8.53. The molecule has 4 nitrogen and oxygen atoms in total. The van der Waals surface area contributed by atoms with E-state index in [2.05, 4.69) is 21.2 Å². The minimum absolute atomic E-state index is 0.146. The van der Waals surface area contributed by atoms with Crippen LogP contribution in [0, 0.1) is 5.82 Å². The highest BCUT2D eigenvalue weighted by molar-refractivity contribution is 9.10. The van der Waals surface area contributed by atoms with Gasteiger partial charge in [0.1, 0.15) is 5.82 Å². The lowest BCUT2D eigenvalue weighted by atomic mass is 9.75. The number of carbonyl (C=O) groups excluding carboxylic acids is 1. The van der Waals surface area contributed by atoms with E-state index in [9.17, 15) is 9.18 Å². The number of benzene rings is 2. The summed E-state index contributed by atoms with van der Waals surface area (Å²) in [7, 11) is 0. The largest absolute Gasteiger partial charge is 0.454 e. The number of nitrogens with one attached hydrogen (secondary N) is 1. The van der Waals surface area contributed by atoms with Crippen molar-refractivity contribution in [2.24, 2.45) is 0 Å². The Morgan fingerprint density at radius 2 is 1.92 bits per heavy atom. The summed E-state index contributed by atoms with van der Waals surface area (Å²) in [4.78, 5) is 12.8. The molecule has 2 aromatic rings. The van der Waals surface area contributed by atoms with Crippen LogP contribution in [0.1, 0.15) is 36.3 Å². The van der Waals surface area contributed by atoms with E-state index in [-0.39, 0.29) is 24.3 Å². The zero-order chi connectivity index (χ0) is 17.8. The topological polar surface area (TPSA) is 47.6 Å². The summed E-state index contributed by atoms with van der Waals surface area (Å²) in [5.41, 5.74) is 4.47. The summed E-state index contributed by atoms with van der Waals surface area (Å²) in [6.07, 6.45) is 2.21. The second-order valence-corrected chi connectivity index (χ2v) is 7.55. The number of ether oxygens (including phenoxy) is 2. The summed E-state index contributed by atoms with van der Waals surface area (Å²) < 4.78 is 25.2. The van der Waals surface area contributed by atoms with Gasteiger partial charge in [-0.05, 0) is 58.1 Å². The fourth-order valence-electron chi connectivity index (χ4n) is 3.99. The van der Waals surface area contributed by atoms with E-state index >= 15 is 0 Å². The average molecular weight is 416 g/mol. The van der Waals surface area contributed by atoms with Crippen LogP contribution < -0.4 is 14.8 Å². The Morgan fingerprint density at radius 1 is 1.12 bits per heavy atom. The molecular weight excluding hydrogens is 401 g/mol. The first-order chi connectivity index (χ1) is 12.6. The van der Waals surface area contributed by atoms with Gasteiger partial charge in [0.15, 0.2) is 17.3 Å². The van der Waals surface area contributed by atoms with Gasteiger partial charge in [0.2, 0.25) is 6.79 Å². The highest BCUT2D eigenvalue weighted by Crippen LogP contribution is 2.49. The third-order valence-corrected chi connectivity index (χ3v) is 5.77. The third-order valence-electron chi connectivity index (χ3n) is 5.16. The number of rotatable bonds is 1. The molecule has 1 N–H and O–H groups in total. The second kappa shape index (κ2) is 5.84. The Bertz CT molecular complexity index is 985. The van der Waals surface area contributed by atoms with Crippen molar-refractivity contribution >= 4 is 27.4 Å². The van der Waals surface area contributed by atoms with E-state index in [1.807, 2.05) is 12.1 Å². The molecule has 0 spiro atoms. The number of fused-ring (bicyclic) bond motifs is 2. The standard InChI is InChI=1S/C20H15BrFNO3/c21-12-6-10(4-5-13(12)22)19-11-7-17-18(26-9-25-17)8-15(11)23-14-2-1-3-16(24)20(14)19/h4-8,19,23H,1-3,9H2/t19-/m1/s1. The maximum absolute atomic E-state index is 13.8. The van der Waals surface area contributed by atoms with Crippen LogP contribution in [0.4, 0.5) is 10.1 Å². The monoisotopic (exact) mass is 415 g/mol. The molecule has 2 heterocycles. The Hall–Kier alpha value is -2.34. The minimum Gasteiger partial charge on any atom is -0.454 e. The van der Waals surface area contributed by atoms with Crippen LogP contribution in [-0.4, -0.2) is 12.6 Å². The third kappa shape index (κ3) is 2.35. The highest BCUT2D eigenvalue weighted by Gasteiger charge is 2.36. The molecule has 3 aliphatic rings. The first kappa shape index (κ1) is 15.9. The lowest BCUT2D eigenvalue weighted by Crippen LogP contribution is -2.26. The fraction of sp³-hybridized carbons (Fsp3) is 0.250. The number of ketones is 1. The molecule has 6 heteroatoms. The molecule has 0 fully saturated rings. The first-order valence-corrected chi connectivity index (χ1v) is 9.33. The molecule has 0 unspecified atom stereocenters. The molecule has 5 rings (SSSR count). The lowest BCUT2D eigenvalue weighted by molar-refractivity contribution is -0.116. The molecule has 0 aromatic heterocycles. The molecule has 132 valence electrons. The maximum Gasteiger partial charge on any atom is 0.231 e. The Kier molecular flexibility index (Phi) is 3.57. The molecule has 0 saturated heterocycles. The van der Waals surface area contributed by atoms with Gasteiger partial charge in [-0.25, -0.2) is 4.39 Å². The van der Waals surface area contributed by atoms with E-state index in [0.717, 1.165) is 40.9 Å². The summed E-state index contributed by atoms with van der Waals surface area (Å²) in [6, 6.07) is 8.79. The van der Waals surface area contributed by atoms with Crippen molar-refractivity contribution < 1.29 is 18.7 Å². The van der Waals surface area contributed by atoms with Gasteiger partial charge < -0.3 is 14.8 Å². The highest BCUT2D eigenvalue weighted by atomic mass is 79.9. The van der Waals surface area contributed by atoms with Crippen LogP contribution in [0.5, 0.6) is 11.5 Å². The molecular formula is C20H15BrFNO3. The zero-order valence-corrected chi connectivity index (χ0v) is 15.4. The van der Waals surface area contributed by atoms with Crippen LogP contribution in [0.25, 0.3) is 0 Å². The minimum atomic E-state index is -0.322. The predicted octanol–water partition coefficient (Wildman–Crippen LogP) is 4.88. The molecule has 1 aliphatic carbocycles. The van der Waals surface area contributed by atoms with Crippen molar-refractivity contribution in [1.29, 1.82) is 0 Å². The van der Waals surface area contributed by atoms with E-state index in [0.29, 0.717) is 22.4 Å².